The number of hydrogen-bond donors (Lipinski definition) is 0. The second-order valence-corrected chi connectivity index (χ2v) is 17.6. The fraction of sp³-hybridized carbons (Fsp3) is 0.0500. The molecular formula is C40H24N6O6S6. The molecule has 2 aliphatic heterocycles. The molecule has 286 valence electrons. The summed E-state index contributed by atoms with van der Waals surface area (Å²) in [5.74, 6) is -0.750. The van der Waals surface area contributed by atoms with Gasteiger partial charge in [-0.05, 0) is 48.3 Å². The van der Waals surface area contributed by atoms with E-state index in [0.717, 1.165) is 58.6 Å². The highest BCUT2D eigenvalue weighted by Gasteiger charge is 2.37. The molecule has 58 heavy (non-hydrogen) atoms. The van der Waals surface area contributed by atoms with Gasteiger partial charge < -0.3 is 0 Å². The summed E-state index contributed by atoms with van der Waals surface area (Å²) in [4.78, 5) is 61.3. The van der Waals surface area contributed by atoms with E-state index in [1.807, 2.05) is 35.0 Å². The van der Waals surface area contributed by atoms with Gasteiger partial charge in [-0.1, -0.05) is 121 Å². The van der Waals surface area contributed by atoms with Gasteiger partial charge in [-0.3, -0.25) is 29.8 Å². The van der Waals surface area contributed by atoms with E-state index in [2.05, 4.69) is 24.3 Å². The molecule has 2 fully saturated rings. The molecule has 2 amide bonds. The lowest BCUT2D eigenvalue weighted by atomic mass is 10.0. The summed E-state index contributed by atoms with van der Waals surface area (Å²) >= 11 is 15.8. The van der Waals surface area contributed by atoms with Gasteiger partial charge >= 0.3 is 0 Å². The second kappa shape index (κ2) is 16.6. The molecule has 0 saturated carbocycles. The van der Waals surface area contributed by atoms with Crippen LogP contribution in [-0.4, -0.2) is 40.3 Å². The van der Waals surface area contributed by atoms with Gasteiger partial charge in [-0.25, -0.2) is 19.8 Å². The molecule has 0 aliphatic carbocycles. The Kier molecular flexibility index (Phi) is 11.2. The van der Waals surface area contributed by atoms with Crippen LogP contribution < -0.4 is 9.80 Å². The van der Waals surface area contributed by atoms with E-state index >= 15 is 0 Å². The van der Waals surface area contributed by atoms with Gasteiger partial charge in [-0.15, -0.1) is 22.7 Å². The fourth-order valence-electron chi connectivity index (χ4n) is 6.07. The van der Waals surface area contributed by atoms with E-state index in [1.165, 1.54) is 56.8 Å². The number of nitro benzene ring substituents is 2. The quantitative estimate of drug-likeness (QED) is 0.0527. The highest BCUT2D eigenvalue weighted by atomic mass is 32.2. The first kappa shape index (κ1) is 39.1. The normalized spacial score (nSPS) is 15.7. The van der Waals surface area contributed by atoms with Gasteiger partial charge in [0.2, 0.25) is 0 Å². The van der Waals surface area contributed by atoms with E-state index in [1.54, 1.807) is 36.4 Å². The Balaban J connectivity index is 0.880. The first-order valence-corrected chi connectivity index (χ1v) is 21.4. The van der Waals surface area contributed by atoms with Crippen LogP contribution in [-0.2, 0) is 22.4 Å². The molecule has 4 heterocycles. The number of thiazole rings is 2. The van der Waals surface area contributed by atoms with E-state index < -0.39 is 9.85 Å². The van der Waals surface area contributed by atoms with Crippen molar-refractivity contribution in [2.24, 2.45) is 0 Å². The molecule has 2 aromatic heterocycles. The maximum Gasteiger partial charge on any atom is 0.276 e. The standard InChI is InChI=1S/C40H24N6O6S6/c47-35-33(19-27-5-1-3-7-31(27)45(49)50)57-39(53)43(35)37-41-29(21-55-37)25-15-11-23(12-16-25)9-10-24-13-17-26(18-14-24)30-22-56-38(42-30)44-36(48)34(58-40(44)54)20-28-6-2-4-8-32(28)46(51)52/h1-8,11-22H,9-10H2/b33-19+,34-20+. The number of hydrogen-bond acceptors (Lipinski definition) is 14. The van der Waals surface area contributed by atoms with Crippen LogP contribution in [0.1, 0.15) is 22.3 Å². The number of amides is 2. The fourth-order valence-corrected chi connectivity index (χ4v) is 10.5. The molecule has 6 aromatic rings. The molecule has 2 saturated heterocycles. The Bertz CT molecular complexity index is 2560. The van der Waals surface area contributed by atoms with Crippen LogP contribution in [0, 0.1) is 20.2 Å². The van der Waals surface area contributed by atoms with Gasteiger partial charge in [0.05, 0.1) is 42.2 Å². The summed E-state index contributed by atoms with van der Waals surface area (Å²) in [7, 11) is 0. The van der Waals surface area contributed by atoms with Gasteiger partial charge in [0, 0.05) is 34.0 Å². The van der Waals surface area contributed by atoms with E-state index in [4.69, 9.17) is 34.4 Å². The smallest absolute Gasteiger partial charge is 0.268 e. The van der Waals surface area contributed by atoms with Crippen LogP contribution in [0.15, 0.2) is 118 Å². The zero-order valence-corrected chi connectivity index (χ0v) is 34.4. The SMILES string of the molecule is O=C1/C(=C\c2ccccc2[N+](=O)[O-])SC(=S)N1c1nc(-c2ccc(CCc3ccc(-c4csc(N5C(=O)/C(=C\c6ccccc6[N+](=O)[O-])SC5=S)n4)cc3)cc2)cs1. The third kappa shape index (κ3) is 8.02. The minimum Gasteiger partial charge on any atom is -0.268 e. The number of para-hydroxylation sites is 2. The Morgan fingerprint density at radius 2 is 0.966 bits per heavy atom. The molecule has 2 aliphatic rings. The molecule has 0 bridgehead atoms. The number of carbonyl (C=O) groups excluding carboxylic acids is 2. The minimum atomic E-state index is -0.483. The number of benzene rings is 4. The molecule has 12 nitrogen and oxygen atoms in total. The molecule has 0 spiro atoms. The molecule has 0 unspecified atom stereocenters. The first-order chi connectivity index (χ1) is 28.0. The Morgan fingerprint density at radius 3 is 1.34 bits per heavy atom. The van der Waals surface area contributed by atoms with Crippen molar-refractivity contribution in [3.8, 4) is 22.5 Å². The summed E-state index contributed by atoms with van der Waals surface area (Å²) in [6, 6.07) is 28.7. The molecule has 0 radical (unpaired) electrons. The number of thioether (sulfide) groups is 2. The average Bonchev–Trinajstić information content (AvgIpc) is 4.01. The van der Waals surface area contributed by atoms with Crippen LogP contribution in [0.5, 0.6) is 0 Å². The molecule has 18 heteroatoms. The zero-order valence-electron chi connectivity index (χ0n) is 29.5. The summed E-state index contributed by atoms with van der Waals surface area (Å²) in [5.41, 5.74) is 5.93. The predicted octanol–water partition coefficient (Wildman–Crippen LogP) is 10.3. The van der Waals surface area contributed by atoms with Crippen molar-refractivity contribution in [2.75, 3.05) is 9.80 Å². The number of nitrogens with zero attached hydrogens (tertiary/aromatic N) is 6. The van der Waals surface area contributed by atoms with Crippen molar-refractivity contribution in [1.29, 1.82) is 0 Å². The highest BCUT2D eigenvalue weighted by molar-refractivity contribution is 8.27. The maximum atomic E-state index is 13.3. The molecule has 0 N–H and O–H groups in total. The van der Waals surface area contributed by atoms with Crippen LogP contribution in [0.25, 0.3) is 34.7 Å². The van der Waals surface area contributed by atoms with Gasteiger partial charge in [0.1, 0.15) is 0 Å². The zero-order chi connectivity index (χ0) is 40.5. The Hall–Kier alpha value is -5.76. The lowest BCUT2D eigenvalue weighted by Crippen LogP contribution is -2.27. The summed E-state index contributed by atoms with van der Waals surface area (Å²) in [6.45, 7) is 0. The second-order valence-electron chi connectivity index (χ2n) is 12.6. The summed E-state index contributed by atoms with van der Waals surface area (Å²) < 4.78 is 0.614. The number of aryl methyl sites for hydroxylation is 2. The predicted molar refractivity (Wildman–Crippen MR) is 240 cm³/mol. The molecular weight excluding hydrogens is 853 g/mol. The van der Waals surface area contributed by atoms with Crippen molar-refractivity contribution < 1.29 is 19.4 Å². The monoisotopic (exact) mass is 876 g/mol. The van der Waals surface area contributed by atoms with Gasteiger partial charge in [-0.2, -0.15) is 0 Å². The average molecular weight is 877 g/mol. The highest BCUT2D eigenvalue weighted by Crippen LogP contribution is 2.41. The third-order valence-corrected chi connectivity index (χ3v) is 13.3. The molecule has 4 aromatic carbocycles. The number of anilines is 2. The summed E-state index contributed by atoms with van der Waals surface area (Å²) in [6.07, 6.45) is 4.60. The minimum absolute atomic E-state index is 0.0936. The number of thiocarbonyl (C=S) groups is 2. The van der Waals surface area contributed by atoms with E-state index in [-0.39, 0.29) is 33.0 Å². The summed E-state index contributed by atoms with van der Waals surface area (Å²) in [5, 5.41) is 27.5. The number of rotatable bonds is 11. The van der Waals surface area contributed by atoms with E-state index in [0.29, 0.717) is 41.4 Å². The number of nitro groups is 2. The van der Waals surface area contributed by atoms with Crippen LogP contribution in [0.2, 0.25) is 0 Å². The molecule has 8 rings (SSSR count). The number of carbonyl (C=O) groups is 2. The lowest BCUT2D eigenvalue weighted by molar-refractivity contribution is -0.385. The largest absolute Gasteiger partial charge is 0.276 e. The molecule has 0 atom stereocenters. The maximum absolute atomic E-state index is 13.3. The van der Waals surface area contributed by atoms with Crippen LogP contribution in [0.4, 0.5) is 21.6 Å². The van der Waals surface area contributed by atoms with Gasteiger partial charge in [0.15, 0.2) is 18.9 Å². The Morgan fingerprint density at radius 1 is 0.586 bits per heavy atom. The van der Waals surface area contributed by atoms with Crippen molar-refractivity contribution in [1.82, 2.24) is 9.97 Å². The third-order valence-electron chi connectivity index (χ3n) is 9.00. The Labute approximate surface area is 357 Å². The van der Waals surface area contributed by atoms with Crippen molar-refractivity contribution in [2.45, 2.75) is 12.8 Å². The van der Waals surface area contributed by atoms with Crippen molar-refractivity contribution in [3.05, 3.63) is 160 Å². The lowest BCUT2D eigenvalue weighted by Gasteiger charge is -2.09. The van der Waals surface area contributed by atoms with Crippen molar-refractivity contribution >= 4 is 125 Å². The number of aromatic nitrogens is 2. The topological polar surface area (TPSA) is 153 Å². The van der Waals surface area contributed by atoms with Gasteiger partial charge in [0.25, 0.3) is 23.2 Å². The van der Waals surface area contributed by atoms with Crippen LogP contribution >= 0.6 is 70.6 Å². The first-order valence-electron chi connectivity index (χ1n) is 17.2. The van der Waals surface area contributed by atoms with Crippen LogP contribution in [0.3, 0.4) is 0 Å². The van der Waals surface area contributed by atoms with Crippen molar-refractivity contribution in [3.63, 3.8) is 0 Å². The van der Waals surface area contributed by atoms with E-state index in [9.17, 15) is 29.8 Å².